The van der Waals surface area contributed by atoms with Gasteiger partial charge in [0.15, 0.2) is 5.78 Å². The van der Waals surface area contributed by atoms with E-state index in [0.717, 1.165) is 30.4 Å². The maximum Gasteiger partial charge on any atom is 0.410 e. The summed E-state index contributed by atoms with van der Waals surface area (Å²) in [4.78, 5) is 26.6. The number of carbonyl (C=O) groups is 2. The molecule has 1 aromatic heterocycles. The SMILES string of the molecule is Cn1cc2c(n1)C(=O)CC1(CCN(C(=O)OCc3ccccc3)CC1)C2. The minimum atomic E-state index is -0.270. The van der Waals surface area contributed by atoms with Gasteiger partial charge in [-0.2, -0.15) is 5.10 Å². The highest BCUT2D eigenvalue weighted by Gasteiger charge is 2.43. The number of fused-ring (bicyclic) bond motifs is 1. The second-order valence-corrected chi connectivity index (χ2v) is 7.48. The van der Waals surface area contributed by atoms with Crippen LogP contribution in [-0.2, 0) is 24.8 Å². The van der Waals surface area contributed by atoms with Crippen molar-refractivity contribution in [2.75, 3.05) is 13.1 Å². The highest BCUT2D eigenvalue weighted by atomic mass is 16.6. The van der Waals surface area contributed by atoms with Crippen LogP contribution in [0.4, 0.5) is 4.79 Å². The number of benzene rings is 1. The van der Waals surface area contributed by atoms with Crippen molar-refractivity contribution in [2.24, 2.45) is 12.5 Å². The summed E-state index contributed by atoms with van der Waals surface area (Å²) in [6, 6.07) is 9.69. The molecule has 0 bridgehead atoms. The Morgan fingerprint density at radius 3 is 2.65 bits per heavy atom. The molecule has 2 heterocycles. The number of piperidine rings is 1. The molecule has 0 unspecified atom stereocenters. The largest absolute Gasteiger partial charge is 0.445 e. The lowest BCUT2D eigenvalue weighted by atomic mass is 9.67. The standard InChI is InChI=1S/C20H23N3O3/c1-22-13-16-11-20(12-17(24)18(16)21-22)7-9-23(10-8-20)19(25)26-14-15-5-3-2-4-6-15/h2-6,13H,7-12,14H2,1H3. The maximum absolute atomic E-state index is 12.5. The van der Waals surface area contributed by atoms with Crippen LogP contribution < -0.4 is 0 Å². The molecule has 1 fully saturated rings. The molecule has 1 aromatic carbocycles. The molecule has 0 N–H and O–H groups in total. The molecule has 0 atom stereocenters. The smallest absolute Gasteiger partial charge is 0.410 e. The summed E-state index contributed by atoms with van der Waals surface area (Å²) in [6.45, 7) is 1.56. The van der Waals surface area contributed by atoms with Gasteiger partial charge in [-0.25, -0.2) is 4.79 Å². The van der Waals surface area contributed by atoms with Crippen molar-refractivity contribution >= 4 is 11.9 Å². The molecular weight excluding hydrogens is 330 g/mol. The number of Topliss-reactive ketones (excluding diaryl/α,β-unsaturated/α-hetero) is 1. The zero-order chi connectivity index (χ0) is 18.1. The zero-order valence-corrected chi connectivity index (χ0v) is 15.0. The first-order chi connectivity index (χ1) is 12.5. The molecule has 1 amide bonds. The van der Waals surface area contributed by atoms with Crippen LogP contribution in [0.3, 0.4) is 0 Å². The number of carbonyl (C=O) groups excluding carboxylic acids is 2. The van der Waals surface area contributed by atoms with Crippen LogP contribution in [0, 0.1) is 5.41 Å². The second-order valence-electron chi connectivity index (χ2n) is 7.48. The molecule has 6 heteroatoms. The lowest BCUT2D eigenvalue weighted by Gasteiger charge is -2.42. The Hall–Kier alpha value is -2.63. The van der Waals surface area contributed by atoms with Crippen LogP contribution in [0.1, 0.15) is 40.9 Å². The van der Waals surface area contributed by atoms with E-state index in [1.807, 2.05) is 43.6 Å². The average Bonchev–Trinajstić information content (AvgIpc) is 3.02. The molecule has 0 saturated carbocycles. The normalized spacial score (nSPS) is 18.7. The van der Waals surface area contributed by atoms with Crippen LogP contribution in [0.25, 0.3) is 0 Å². The number of hydrogen-bond acceptors (Lipinski definition) is 4. The fourth-order valence-corrected chi connectivity index (χ4v) is 4.12. The molecule has 4 rings (SSSR count). The number of likely N-dealkylation sites (tertiary alicyclic amines) is 1. The molecule has 2 aliphatic rings. The van der Waals surface area contributed by atoms with Gasteiger partial charge in [0.05, 0.1) is 0 Å². The van der Waals surface area contributed by atoms with Gasteiger partial charge in [-0.3, -0.25) is 9.48 Å². The lowest BCUT2D eigenvalue weighted by molar-refractivity contribution is 0.0520. The molecule has 1 aliphatic carbocycles. The molecule has 6 nitrogen and oxygen atoms in total. The van der Waals surface area contributed by atoms with Gasteiger partial charge in [-0.15, -0.1) is 0 Å². The van der Waals surface area contributed by atoms with Gasteiger partial charge in [-0.05, 0) is 30.2 Å². The van der Waals surface area contributed by atoms with E-state index in [0.29, 0.717) is 31.8 Å². The number of amides is 1. The van der Waals surface area contributed by atoms with Gasteiger partial charge in [-0.1, -0.05) is 30.3 Å². The van der Waals surface area contributed by atoms with E-state index in [9.17, 15) is 9.59 Å². The third kappa shape index (κ3) is 3.23. The topological polar surface area (TPSA) is 64.4 Å². The number of hydrogen-bond donors (Lipinski definition) is 0. The molecular formula is C20H23N3O3. The van der Waals surface area contributed by atoms with Crippen molar-refractivity contribution in [3.8, 4) is 0 Å². The van der Waals surface area contributed by atoms with Crippen LogP contribution in [0.2, 0.25) is 0 Å². The molecule has 26 heavy (non-hydrogen) atoms. The summed E-state index contributed by atoms with van der Waals surface area (Å²) in [5.74, 6) is 0.131. The van der Waals surface area contributed by atoms with Crippen LogP contribution >= 0.6 is 0 Å². The number of nitrogens with zero attached hydrogens (tertiary/aromatic N) is 3. The first-order valence-corrected chi connectivity index (χ1v) is 9.06. The first kappa shape index (κ1) is 16.8. The van der Waals surface area contributed by atoms with Crippen molar-refractivity contribution in [1.29, 1.82) is 0 Å². The van der Waals surface area contributed by atoms with Crippen molar-refractivity contribution in [3.05, 3.63) is 53.3 Å². The van der Waals surface area contributed by atoms with Crippen LogP contribution in [-0.4, -0.2) is 39.6 Å². The number of aromatic nitrogens is 2. The highest BCUT2D eigenvalue weighted by Crippen LogP contribution is 2.43. The summed E-state index contributed by atoms with van der Waals surface area (Å²) < 4.78 is 7.15. The lowest BCUT2D eigenvalue weighted by Crippen LogP contribution is -2.46. The number of aryl methyl sites for hydroxylation is 1. The molecule has 136 valence electrons. The third-order valence-corrected chi connectivity index (χ3v) is 5.56. The van der Waals surface area contributed by atoms with Gasteiger partial charge < -0.3 is 9.64 Å². The van der Waals surface area contributed by atoms with E-state index < -0.39 is 0 Å². The minimum absolute atomic E-state index is 0.0384. The Bertz CT molecular complexity index is 820. The van der Waals surface area contributed by atoms with E-state index in [2.05, 4.69) is 5.10 Å². The number of rotatable bonds is 2. The number of ketones is 1. The van der Waals surface area contributed by atoms with Crippen molar-refractivity contribution in [3.63, 3.8) is 0 Å². The van der Waals surface area contributed by atoms with Crippen LogP contribution in [0.15, 0.2) is 36.5 Å². The quantitative estimate of drug-likeness (QED) is 0.833. The summed E-state index contributed by atoms with van der Waals surface area (Å²) in [5, 5.41) is 4.29. The van der Waals surface area contributed by atoms with Gasteiger partial charge in [0.1, 0.15) is 12.3 Å². The Kier molecular flexibility index (Phi) is 4.26. The predicted molar refractivity (Wildman–Crippen MR) is 95.7 cm³/mol. The summed E-state index contributed by atoms with van der Waals surface area (Å²) in [7, 11) is 1.85. The van der Waals surface area contributed by atoms with Crippen molar-refractivity contribution < 1.29 is 14.3 Å². The summed E-state index contributed by atoms with van der Waals surface area (Å²) in [6.07, 6.45) is 4.74. The molecule has 1 aliphatic heterocycles. The monoisotopic (exact) mass is 353 g/mol. The maximum atomic E-state index is 12.5. The van der Waals surface area contributed by atoms with E-state index in [-0.39, 0.29) is 17.3 Å². The van der Waals surface area contributed by atoms with E-state index in [4.69, 9.17) is 4.74 Å². The van der Waals surface area contributed by atoms with Gasteiger partial charge >= 0.3 is 6.09 Å². The fraction of sp³-hybridized carbons (Fsp3) is 0.450. The Morgan fingerprint density at radius 2 is 1.92 bits per heavy atom. The summed E-state index contributed by atoms with van der Waals surface area (Å²) in [5.41, 5.74) is 2.62. The average molecular weight is 353 g/mol. The van der Waals surface area contributed by atoms with E-state index >= 15 is 0 Å². The minimum Gasteiger partial charge on any atom is -0.445 e. The third-order valence-electron chi connectivity index (χ3n) is 5.56. The Balaban J connectivity index is 1.35. The van der Waals surface area contributed by atoms with E-state index in [1.54, 1.807) is 9.58 Å². The Morgan fingerprint density at radius 1 is 1.19 bits per heavy atom. The van der Waals surface area contributed by atoms with E-state index in [1.165, 1.54) is 0 Å². The molecule has 1 saturated heterocycles. The molecule has 0 radical (unpaired) electrons. The summed E-state index contributed by atoms with van der Waals surface area (Å²) >= 11 is 0. The van der Waals surface area contributed by atoms with Gasteiger partial charge in [0.2, 0.25) is 0 Å². The second kappa shape index (κ2) is 6.59. The van der Waals surface area contributed by atoms with Gasteiger partial charge in [0, 0.05) is 38.3 Å². The van der Waals surface area contributed by atoms with Crippen molar-refractivity contribution in [1.82, 2.24) is 14.7 Å². The first-order valence-electron chi connectivity index (χ1n) is 9.06. The zero-order valence-electron chi connectivity index (χ0n) is 15.0. The van der Waals surface area contributed by atoms with Crippen molar-refractivity contribution in [2.45, 2.75) is 32.3 Å². The Labute approximate surface area is 152 Å². The highest BCUT2D eigenvalue weighted by molar-refractivity contribution is 5.97. The predicted octanol–water partition coefficient (Wildman–Crippen LogP) is 2.97. The van der Waals surface area contributed by atoms with Crippen LogP contribution in [0.5, 0.6) is 0 Å². The fourth-order valence-electron chi connectivity index (χ4n) is 4.12. The van der Waals surface area contributed by atoms with Gasteiger partial charge in [0.25, 0.3) is 0 Å². The number of ether oxygens (including phenoxy) is 1. The molecule has 2 aromatic rings. The molecule has 1 spiro atoms.